The first kappa shape index (κ1) is 22.3. The van der Waals surface area contributed by atoms with Crippen LogP contribution in [0.15, 0.2) is 79.4 Å². The minimum absolute atomic E-state index is 0.0429. The summed E-state index contributed by atoms with van der Waals surface area (Å²) in [5.74, 6) is -0.177. The molecule has 0 fully saturated rings. The summed E-state index contributed by atoms with van der Waals surface area (Å²) in [7, 11) is 1.82. The fraction of sp³-hybridized carbons (Fsp3) is 0.250. The van der Waals surface area contributed by atoms with Gasteiger partial charge in [-0.1, -0.05) is 30.3 Å². The highest BCUT2D eigenvalue weighted by Gasteiger charge is 2.31. The summed E-state index contributed by atoms with van der Waals surface area (Å²) in [6, 6.07) is 18.4. The molecule has 8 heteroatoms. The van der Waals surface area contributed by atoms with Crippen molar-refractivity contribution in [3.05, 3.63) is 96.3 Å². The third-order valence-corrected chi connectivity index (χ3v) is 7.31. The van der Waals surface area contributed by atoms with Crippen LogP contribution in [0, 0.1) is 0 Å². The van der Waals surface area contributed by atoms with Crippen LogP contribution in [0.5, 0.6) is 0 Å². The van der Waals surface area contributed by atoms with Gasteiger partial charge in [0.1, 0.15) is 11.3 Å². The summed E-state index contributed by atoms with van der Waals surface area (Å²) in [6.07, 6.45) is 7.87. The van der Waals surface area contributed by atoms with Gasteiger partial charge in [0.2, 0.25) is 0 Å². The van der Waals surface area contributed by atoms with E-state index in [9.17, 15) is 4.79 Å². The number of rotatable bonds is 5. The molecule has 1 aromatic carbocycles. The average Bonchev–Trinajstić information content (AvgIpc) is 3.62. The van der Waals surface area contributed by atoms with Crippen molar-refractivity contribution in [2.24, 2.45) is 7.05 Å². The van der Waals surface area contributed by atoms with E-state index in [-0.39, 0.29) is 18.0 Å². The Hall–Kier alpha value is -4.17. The van der Waals surface area contributed by atoms with Gasteiger partial charge in [-0.2, -0.15) is 5.10 Å². The normalized spacial score (nSPS) is 16.7. The van der Waals surface area contributed by atoms with Gasteiger partial charge in [-0.3, -0.25) is 14.4 Å². The Bertz CT molecular complexity index is 1540. The molecule has 182 valence electrons. The smallest absolute Gasteiger partial charge is 0.274 e. The van der Waals surface area contributed by atoms with Crippen molar-refractivity contribution >= 4 is 17.2 Å². The van der Waals surface area contributed by atoms with Crippen molar-refractivity contribution in [3.8, 4) is 11.3 Å². The number of pyridine rings is 1. The quantitative estimate of drug-likeness (QED) is 0.388. The molecule has 4 aromatic heterocycles. The summed E-state index contributed by atoms with van der Waals surface area (Å²) in [4.78, 5) is 20.7. The van der Waals surface area contributed by atoms with E-state index in [1.807, 2.05) is 72.5 Å². The number of amides is 1. The Kier molecular flexibility index (Phi) is 5.45. The molecule has 0 aliphatic carbocycles. The van der Waals surface area contributed by atoms with Gasteiger partial charge in [0.15, 0.2) is 0 Å². The zero-order valence-corrected chi connectivity index (χ0v) is 20.7. The van der Waals surface area contributed by atoms with E-state index < -0.39 is 0 Å². The predicted octanol–water partition coefficient (Wildman–Crippen LogP) is 4.93. The Morgan fingerprint density at radius 1 is 1.08 bits per heavy atom. The Morgan fingerprint density at radius 2 is 1.92 bits per heavy atom. The van der Waals surface area contributed by atoms with Crippen molar-refractivity contribution in [1.82, 2.24) is 28.6 Å². The molecule has 1 aliphatic rings. The van der Waals surface area contributed by atoms with Gasteiger partial charge in [-0.05, 0) is 32.0 Å². The summed E-state index contributed by atoms with van der Waals surface area (Å²) in [5.41, 5.74) is 6.21. The largest absolute Gasteiger partial charge is 0.349 e. The number of anilines is 1. The maximum atomic E-state index is 13.5. The van der Waals surface area contributed by atoms with Crippen molar-refractivity contribution in [2.75, 3.05) is 11.9 Å². The molecule has 0 saturated heterocycles. The summed E-state index contributed by atoms with van der Waals surface area (Å²) < 4.78 is 5.93. The Labute approximate surface area is 209 Å². The number of carbonyl (C=O) groups excluding carboxylic acids is 1. The third kappa shape index (κ3) is 3.79. The lowest BCUT2D eigenvalue weighted by molar-refractivity contribution is 0.0998. The van der Waals surface area contributed by atoms with Crippen LogP contribution in [-0.4, -0.2) is 41.1 Å². The fourth-order valence-corrected chi connectivity index (χ4v) is 5.34. The first-order valence-electron chi connectivity index (χ1n) is 12.3. The molecule has 2 unspecified atom stereocenters. The summed E-state index contributed by atoms with van der Waals surface area (Å²) in [5, 5.41) is 7.52. The monoisotopic (exact) mass is 479 g/mol. The minimum Gasteiger partial charge on any atom is -0.349 e. The summed E-state index contributed by atoms with van der Waals surface area (Å²) in [6.45, 7) is 6.24. The van der Waals surface area contributed by atoms with Gasteiger partial charge in [0.05, 0.1) is 11.9 Å². The predicted molar refractivity (Wildman–Crippen MR) is 140 cm³/mol. The van der Waals surface area contributed by atoms with Crippen LogP contribution in [0.1, 0.15) is 47.7 Å². The topological polar surface area (TPSA) is 72.4 Å². The van der Waals surface area contributed by atoms with Gasteiger partial charge >= 0.3 is 0 Å². The van der Waals surface area contributed by atoms with Crippen LogP contribution in [-0.2, 0) is 13.6 Å². The van der Waals surface area contributed by atoms with Gasteiger partial charge in [0.25, 0.3) is 5.91 Å². The van der Waals surface area contributed by atoms with E-state index in [1.165, 1.54) is 5.69 Å². The van der Waals surface area contributed by atoms with E-state index in [2.05, 4.69) is 52.1 Å². The first-order valence-corrected chi connectivity index (χ1v) is 12.3. The Morgan fingerprint density at radius 3 is 2.75 bits per heavy atom. The number of fused-ring (bicyclic) bond motifs is 2. The van der Waals surface area contributed by atoms with Gasteiger partial charge in [0, 0.05) is 79.4 Å². The van der Waals surface area contributed by atoms with Crippen molar-refractivity contribution in [3.63, 3.8) is 0 Å². The number of nitrogens with one attached hydrogen (secondary N) is 1. The van der Waals surface area contributed by atoms with Gasteiger partial charge in [-0.15, -0.1) is 0 Å². The van der Waals surface area contributed by atoms with Crippen LogP contribution in [0.25, 0.3) is 16.9 Å². The minimum atomic E-state index is -0.177. The zero-order valence-electron chi connectivity index (χ0n) is 20.7. The lowest BCUT2D eigenvalue weighted by Crippen LogP contribution is -2.38. The van der Waals surface area contributed by atoms with E-state index in [0.717, 1.165) is 35.6 Å². The number of nitrogens with zero attached hydrogens (tertiary/aromatic N) is 6. The number of aryl methyl sites for hydroxylation is 1. The number of benzene rings is 1. The molecule has 5 heterocycles. The highest BCUT2D eigenvalue weighted by Crippen LogP contribution is 2.34. The van der Waals surface area contributed by atoms with Crippen LogP contribution < -0.4 is 5.32 Å². The molecule has 1 amide bonds. The molecule has 36 heavy (non-hydrogen) atoms. The standard InChI is InChI=1S/C28H29N7O/c1-19(35-15-14-33-12-7-10-25(33)20(35)2)23-17-29-32(3)27(23)28(36)30-22-11-13-34-18-24(31-26(34)16-22)21-8-5-4-6-9-21/h4-13,16-20H,14-15H2,1-3H3,(H,30,36). The lowest BCUT2D eigenvalue weighted by Gasteiger charge is -2.39. The summed E-state index contributed by atoms with van der Waals surface area (Å²) >= 11 is 0. The molecule has 8 nitrogen and oxygen atoms in total. The first-order chi connectivity index (χ1) is 17.5. The number of carbonyl (C=O) groups is 1. The molecule has 0 radical (unpaired) electrons. The van der Waals surface area contributed by atoms with Crippen LogP contribution >= 0.6 is 0 Å². The molecule has 1 N–H and O–H groups in total. The molecule has 2 atom stereocenters. The highest BCUT2D eigenvalue weighted by atomic mass is 16.2. The Balaban J connectivity index is 1.25. The molecule has 0 saturated carbocycles. The number of imidazole rings is 1. The van der Waals surface area contributed by atoms with E-state index in [4.69, 9.17) is 4.98 Å². The number of hydrogen-bond donors (Lipinski definition) is 1. The van der Waals surface area contributed by atoms with E-state index in [0.29, 0.717) is 11.4 Å². The van der Waals surface area contributed by atoms with Crippen LogP contribution in [0.2, 0.25) is 0 Å². The average molecular weight is 480 g/mol. The third-order valence-electron chi connectivity index (χ3n) is 7.31. The maximum Gasteiger partial charge on any atom is 0.274 e. The lowest BCUT2D eigenvalue weighted by atomic mass is 10.0. The SMILES string of the molecule is CC(c1cnn(C)c1C(=O)Nc1ccn2cc(-c3ccccc3)nc2c1)N1CCn2cccc2C1C. The molecule has 0 spiro atoms. The second kappa shape index (κ2) is 8.80. The molecule has 6 rings (SSSR count). The highest BCUT2D eigenvalue weighted by molar-refractivity contribution is 6.04. The molecule has 5 aromatic rings. The van der Waals surface area contributed by atoms with E-state index >= 15 is 0 Å². The van der Waals surface area contributed by atoms with Gasteiger partial charge < -0.3 is 14.3 Å². The number of aromatic nitrogens is 5. The fourth-order valence-electron chi connectivity index (χ4n) is 5.34. The second-order valence-electron chi connectivity index (χ2n) is 9.42. The second-order valence-corrected chi connectivity index (χ2v) is 9.42. The van der Waals surface area contributed by atoms with Gasteiger partial charge in [-0.25, -0.2) is 4.98 Å². The number of hydrogen-bond acceptors (Lipinski definition) is 4. The van der Waals surface area contributed by atoms with Crippen molar-refractivity contribution in [1.29, 1.82) is 0 Å². The molecule has 1 aliphatic heterocycles. The molecule has 0 bridgehead atoms. The molecular weight excluding hydrogens is 450 g/mol. The van der Waals surface area contributed by atoms with Crippen molar-refractivity contribution < 1.29 is 4.79 Å². The van der Waals surface area contributed by atoms with Crippen molar-refractivity contribution in [2.45, 2.75) is 32.5 Å². The zero-order chi connectivity index (χ0) is 24.8. The van der Waals surface area contributed by atoms with Crippen LogP contribution in [0.4, 0.5) is 5.69 Å². The van der Waals surface area contributed by atoms with E-state index in [1.54, 1.807) is 4.68 Å². The van der Waals surface area contributed by atoms with Crippen LogP contribution in [0.3, 0.4) is 0 Å². The maximum absolute atomic E-state index is 13.5. The molecular formula is C28H29N7O.